The molecule has 2 nitrogen and oxygen atoms in total. The van der Waals surface area contributed by atoms with Crippen LogP contribution in [0.2, 0.25) is 11.1 Å². The van der Waals surface area contributed by atoms with Crippen LogP contribution >= 0.6 is 0 Å². The van der Waals surface area contributed by atoms with Crippen molar-refractivity contribution in [1.29, 1.82) is 0 Å². The third kappa shape index (κ3) is 3.92. The largest absolute Gasteiger partial charge is 0.511 e. The molecule has 0 heterocycles. The van der Waals surface area contributed by atoms with E-state index in [2.05, 4.69) is 36.9 Å². The summed E-state index contributed by atoms with van der Waals surface area (Å²) in [5.41, 5.74) is 1.67. The molecule has 0 saturated heterocycles. The Balaban J connectivity index is 2.07. The zero-order valence-corrected chi connectivity index (χ0v) is 16.6. The molecule has 0 radical (unpaired) electrons. The first kappa shape index (κ1) is 18.4. The van der Waals surface area contributed by atoms with Crippen LogP contribution in [0.25, 0.3) is 0 Å². The molecule has 0 N–H and O–H groups in total. The van der Waals surface area contributed by atoms with Gasteiger partial charge in [0.25, 0.3) is 8.32 Å². The molecule has 0 atom stereocenters. The van der Waals surface area contributed by atoms with E-state index in [0.717, 1.165) is 0 Å². The highest BCUT2D eigenvalue weighted by atomic mass is 28.4. The van der Waals surface area contributed by atoms with E-state index < -0.39 is 8.32 Å². The summed E-state index contributed by atoms with van der Waals surface area (Å²) in [5, 5.41) is 1.34. The van der Waals surface area contributed by atoms with E-state index in [1.807, 2.05) is 0 Å². The van der Waals surface area contributed by atoms with Crippen molar-refractivity contribution in [2.24, 2.45) is 0 Å². The highest BCUT2D eigenvalue weighted by Gasteiger charge is 2.54. The van der Waals surface area contributed by atoms with Gasteiger partial charge in [-0.25, -0.2) is 4.79 Å². The van der Waals surface area contributed by atoms with Crippen molar-refractivity contribution in [3.63, 3.8) is 0 Å². The van der Waals surface area contributed by atoms with Crippen LogP contribution in [-0.4, -0.2) is 14.3 Å². The summed E-state index contributed by atoms with van der Waals surface area (Å²) in [6, 6.07) is 10.8. The van der Waals surface area contributed by atoms with Crippen LogP contribution in [0.15, 0.2) is 42.5 Å². The lowest BCUT2D eigenvalue weighted by atomic mass is 9.99. The Morgan fingerprint density at radius 3 is 1.84 bits per heavy atom. The molecule has 0 aliphatic heterocycles. The molecule has 0 bridgehead atoms. The lowest BCUT2D eigenvalue weighted by Gasteiger charge is -2.46. The van der Waals surface area contributed by atoms with Crippen molar-refractivity contribution < 1.29 is 9.22 Å². The molecule has 2 fully saturated rings. The summed E-state index contributed by atoms with van der Waals surface area (Å²) >= 11 is 0. The smallest absolute Gasteiger partial charge is 0.320 e. The molecule has 2 aliphatic carbocycles. The maximum Gasteiger partial charge on any atom is 0.320 e. The van der Waals surface area contributed by atoms with Crippen LogP contribution < -0.4 is 5.19 Å². The predicted octanol–water partition coefficient (Wildman–Crippen LogP) is 5.63. The quantitative estimate of drug-likeness (QED) is 0.505. The molecule has 2 saturated carbocycles. The molecule has 0 spiro atoms. The minimum Gasteiger partial charge on any atom is -0.511 e. The van der Waals surface area contributed by atoms with Crippen LogP contribution in [-0.2, 0) is 9.22 Å². The van der Waals surface area contributed by atoms with Gasteiger partial charge >= 0.3 is 5.97 Å². The molecule has 1 aromatic rings. The molecule has 25 heavy (non-hydrogen) atoms. The monoisotopic (exact) mass is 356 g/mol. The number of carbonyl (C=O) groups is 1. The molecule has 2 aliphatic rings. The summed E-state index contributed by atoms with van der Waals surface area (Å²) in [6.07, 6.45) is 12.7. The highest BCUT2D eigenvalue weighted by molar-refractivity contribution is 6.90. The van der Waals surface area contributed by atoms with E-state index in [9.17, 15) is 4.79 Å². The van der Waals surface area contributed by atoms with Crippen LogP contribution in [0.4, 0.5) is 0 Å². The Morgan fingerprint density at radius 2 is 1.40 bits per heavy atom. The predicted molar refractivity (Wildman–Crippen MR) is 106 cm³/mol. The summed E-state index contributed by atoms with van der Waals surface area (Å²) < 4.78 is 6.56. The van der Waals surface area contributed by atoms with Gasteiger partial charge in [0.15, 0.2) is 0 Å². The van der Waals surface area contributed by atoms with Gasteiger partial charge in [-0.05, 0) is 48.9 Å². The molecule has 3 heteroatoms. The molecule has 1 aromatic carbocycles. The fraction of sp³-hybridized carbons (Fsp3) is 0.591. The first-order valence-electron chi connectivity index (χ1n) is 10.1. The van der Waals surface area contributed by atoms with Crippen LogP contribution in [0.1, 0.15) is 71.1 Å². The minimum atomic E-state index is -2.41. The lowest BCUT2D eigenvalue weighted by molar-refractivity contribution is -0.131. The van der Waals surface area contributed by atoms with Crippen LogP contribution in [0.5, 0.6) is 0 Å². The standard InChI is InChI=1S/C22H32O2Si/c1-18(2)22(23)24-25(19-12-6-3-7-13-19,20-14-8-4-9-15-20)21-16-10-5-11-17-21/h3,6-7,12-13,20-21H,1,4-5,8-11,14-17H2,2H3. The van der Waals surface area contributed by atoms with Crippen molar-refractivity contribution in [1.82, 2.24) is 0 Å². The molecular weight excluding hydrogens is 324 g/mol. The zero-order chi connectivity index (χ0) is 17.7. The van der Waals surface area contributed by atoms with Crippen LogP contribution in [0, 0.1) is 0 Å². The summed E-state index contributed by atoms with van der Waals surface area (Å²) in [4.78, 5) is 12.7. The van der Waals surface area contributed by atoms with Gasteiger partial charge in [-0.15, -0.1) is 0 Å². The van der Waals surface area contributed by atoms with Crippen molar-refractivity contribution >= 4 is 19.5 Å². The Labute approximate surface area is 153 Å². The van der Waals surface area contributed by atoms with Gasteiger partial charge in [-0.3, -0.25) is 0 Å². The van der Waals surface area contributed by atoms with Gasteiger partial charge < -0.3 is 4.43 Å². The Morgan fingerprint density at radius 1 is 0.920 bits per heavy atom. The topological polar surface area (TPSA) is 26.3 Å². The molecule has 136 valence electrons. The van der Waals surface area contributed by atoms with Crippen molar-refractivity contribution in [3.8, 4) is 0 Å². The van der Waals surface area contributed by atoms with E-state index in [0.29, 0.717) is 16.7 Å². The number of rotatable bonds is 5. The Bertz CT molecular complexity index is 565. The second-order valence-corrected chi connectivity index (χ2v) is 12.0. The van der Waals surface area contributed by atoms with Gasteiger partial charge in [-0.1, -0.05) is 75.4 Å². The SMILES string of the molecule is C=C(C)C(=O)O[Si](c1ccccc1)(C1CCCCC1)C1CCCCC1. The van der Waals surface area contributed by atoms with Crippen molar-refractivity contribution in [2.45, 2.75) is 82.2 Å². The second-order valence-electron chi connectivity index (χ2n) is 8.00. The fourth-order valence-corrected chi connectivity index (χ4v) is 10.8. The number of benzene rings is 1. The first-order valence-corrected chi connectivity index (χ1v) is 12.1. The maximum atomic E-state index is 12.7. The van der Waals surface area contributed by atoms with Gasteiger partial charge in [0.2, 0.25) is 0 Å². The minimum absolute atomic E-state index is 0.160. The average molecular weight is 357 g/mol. The lowest BCUT2D eigenvalue weighted by Crippen LogP contribution is -2.60. The van der Waals surface area contributed by atoms with Gasteiger partial charge in [0.1, 0.15) is 0 Å². The average Bonchev–Trinajstić information content (AvgIpc) is 2.68. The normalized spacial score (nSPS) is 20.2. The van der Waals surface area contributed by atoms with E-state index >= 15 is 0 Å². The molecular formula is C22H32O2Si. The summed E-state index contributed by atoms with van der Waals surface area (Å²) in [7, 11) is -2.41. The molecule has 0 amide bonds. The first-order chi connectivity index (χ1) is 12.1. The number of hydrogen-bond acceptors (Lipinski definition) is 2. The fourth-order valence-electron chi connectivity index (χ4n) is 5.03. The molecule has 0 unspecified atom stereocenters. The summed E-state index contributed by atoms with van der Waals surface area (Å²) in [5.74, 6) is -0.160. The Hall–Kier alpha value is -1.35. The number of hydrogen-bond donors (Lipinski definition) is 0. The number of carbonyl (C=O) groups excluding carboxylic acids is 1. The van der Waals surface area contributed by atoms with Gasteiger partial charge in [0.05, 0.1) is 0 Å². The molecule has 0 aromatic heterocycles. The Kier molecular flexibility index (Phi) is 6.16. The third-order valence-electron chi connectivity index (χ3n) is 6.26. The second kappa shape index (κ2) is 8.35. The van der Waals surface area contributed by atoms with E-state index in [4.69, 9.17) is 4.43 Å². The van der Waals surface area contributed by atoms with Crippen LogP contribution in [0.3, 0.4) is 0 Å². The highest BCUT2D eigenvalue weighted by Crippen LogP contribution is 2.48. The van der Waals surface area contributed by atoms with Gasteiger partial charge in [-0.2, -0.15) is 0 Å². The third-order valence-corrected chi connectivity index (χ3v) is 11.6. The summed E-state index contributed by atoms with van der Waals surface area (Å²) in [6.45, 7) is 5.66. The van der Waals surface area contributed by atoms with Gasteiger partial charge in [0, 0.05) is 5.57 Å². The maximum absolute atomic E-state index is 12.7. The van der Waals surface area contributed by atoms with E-state index in [-0.39, 0.29) is 5.97 Å². The van der Waals surface area contributed by atoms with E-state index in [1.54, 1.807) is 6.92 Å². The molecule has 3 rings (SSSR count). The van der Waals surface area contributed by atoms with Crippen molar-refractivity contribution in [2.75, 3.05) is 0 Å². The van der Waals surface area contributed by atoms with E-state index in [1.165, 1.54) is 69.4 Å². The van der Waals surface area contributed by atoms with Crippen molar-refractivity contribution in [3.05, 3.63) is 42.5 Å². The zero-order valence-electron chi connectivity index (χ0n) is 15.6.